The third kappa shape index (κ3) is 11.5. The minimum absolute atomic E-state index is 0.160. The standard InChI is InChI=1S/C12H20O5S/c1-3-11(13)16-8-7-15-6-5-12(14)17-9-10-18-4-2/h3H,1,4-10H2,2H3. The molecule has 0 spiro atoms. The Hall–Kier alpha value is -1.01. The third-order valence-corrected chi connectivity index (χ3v) is 2.65. The van der Waals surface area contributed by atoms with Crippen LogP contribution in [0.4, 0.5) is 0 Å². The molecular formula is C12H20O5S. The normalized spacial score (nSPS) is 9.83. The Morgan fingerprint density at radius 3 is 2.61 bits per heavy atom. The van der Waals surface area contributed by atoms with Crippen LogP contribution in [0.2, 0.25) is 0 Å². The van der Waals surface area contributed by atoms with Gasteiger partial charge in [-0.25, -0.2) is 4.79 Å². The second kappa shape index (κ2) is 12.4. The molecule has 0 amide bonds. The van der Waals surface area contributed by atoms with Crippen LogP contribution in [0, 0.1) is 0 Å². The maximum Gasteiger partial charge on any atom is 0.330 e. The van der Waals surface area contributed by atoms with Crippen LogP contribution < -0.4 is 0 Å². The molecule has 0 aromatic rings. The topological polar surface area (TPSA) is 61.8 Å². The quantitative estimate of drug-likeness (QED) is 0.323. The molecule has 6 heteroatoms. The smallest absolute Gasteiger partial charge is 0.330 e. The Balaban J connectivity index is 3.24. The van der Waals surface area contributed by atoms with E-state index in [1.807, 2.05) is 0 Å². The second-order valence-corrected chi connectivity index (χ2v) is 4.55. The Kier molecular flexibility index (Phi) is 11.7. The molecule has 0 fully saturated rings. The van der Waals surface area contributed by atoms with E-state index in [4.69, 9.17) is 9.47 Å². The highest BCUT2D eigenvalue weighted by atomic mass is 32.2. The maximum absolute atomic E-state index is 11.2. The monoisotopic (exact) mass is 276 g/mol. The van der Waals surface area contributed by atoms with Gasteiger partial charge >= 0.3 is 11.9 Å². The van der Waals surface area contributed by atoms with Gasteiger partial charge in [0, 0.05) is 11.8 Å². The highest BCUT2D eigenvalue weighted by molar-refractivity contribution is 7.99. The summed E-state index contributed by atoms with van der Waals surface area (Å²) in [5.74, 6) is 1.09. The van der Waals surface area contributed by atoms with E-state index >= 15 is 0 Å². The molecule has 18 heavy (non-hydrogen) atoms. The molecule has 0 aromatic carbocycles. The molecule has 0 N–H and O–H groups in total. The van der Waals surface area contributed by atoms with Gasteiger partial charge < -0.3 is 14.2 Å². The Bertz CT molecular complexity index is 255. The first-order valence-corrected chi connectivity index (χ1v) is 6.96. The van der Waals surface area contributed by atoms with Crippen molar-refractivity contribution in [3.8, 4) is 0 Å². The maximum atomic E-state index is 11.2. The van der Waals surface area contributed by atoms with E-state index in [-0.39, 0.29) is 32.2 Å². The van der Waals surface area contributed by atoms with Gasteiger partial charge in [0.2, 0.25) is 0 Å². The number of hydrogen-bond acceptors (Lipinski definition) is 6. The largest absolute Gasteiger partial charge is 0.465 e. The predicted molar refractivity (Wildman–Crippen MR) is 70.6 cm³/mol. The van der Waals surface area contributed by atoms with Crippen molar-refractivity contribution < 1.29 is 23.8 Å². The molecule has 0 saturated carbocycles. The van der Waals surface area contributed by atoms with Crippen LogP contribution >= 0.6 is 11.8 Å². The zero-order chi connectivity index (χ0) is 13.6. The number of esters is 2. The van der Waals surface area contributed by atoms with Gasteiger partial charge in [-0.2, -0.15) is 11.8 Å². The summed E-state index contributed by atoms with van der Waals surface area (Å²) >= 11 is 1.72. The number of rotatable bonds is 11. The van der Waals surface area contributed by atoms with E-state index < -0.39 is 5.97 Å². The molecule has 0 heterocycles. The van der Waals surface area contributed by atoms with Gasteiger partial charge in [-0.3, -0.25) is 4.79 Å². The summed E-state index contributed by atoms with van der Waals surface area (Å²) in [5.41, 5.74) is 0. The molecule has 0 saturated heterocycles. The van der Waals surface area contributed by atoms with Gasteiger partial charge in [-0.15, -0.1) is 0 Å². The minimum atomic E-state index is -0.480. The summed E-state index contributed by atoms with van der Waals surface area (Å²) < 4.78 is 14.8. The highest BCUT2D eigenvalue weighted by Gasteiger charge is 2.02. The molecule has 0 aliphatic heterocycles. The molecule has 0 aliphatic rings. The van der Waals surface area contributed by atoms with Gasteiger partial charge in [-0.1, -0.05) is 13.5 Å². The molecule has 5 nitrogen and oxygen atoms in total. The molecular weight excluding hydrogens is 256 g/mol. The Morgan fingerprint density at radius 2 is 1.94 bits per heavy atom. The lowest BCUT2D eigenvalue weighted by atomic mass is 10.5. The van der Waals surface area contributed by atoms with Crippen LogP contribution in [0.15, 0.2) is 12.7 Å². The van der Waals surface area contributed by atoms with Gasteiger partial charge in [0.05, 0.1) is 19.6 Å². The first kappa shape index (κ1) is 17.0. The zero-order valence-electron chi connectivity index (χ0n) is 10.7. The molecule has 104 valence electrons. The summed E-state index contributed by atoms with van der Waals surface area (Å²) in [6.45, 7) is 6.45. The number of carbonyl (C=O) groups is 2. The van der Waals surface area contributed by atoms with E-state index in [0.29, 0.717) is 6.61 Å². The highest BCUT2D eigenvalue weighted by Crippen LogP contribution is 1.98. The van der Waals surface area contributed by atoms with E-state index in [1.54, 1.807) is 11.8 Å². The van der Waals surface area contributed by atoms with Crippen molar-refractivity contribution in [2.24, 2.45) is 0 Å². The summed E-state index contributed by atoms with van der Waals surface area (Å²) in [6.07, 6.45) is 1.30. The van der Waals surface area contributed by atoms with Crippen molar-refractivity contribution in [2.45, 2.75) is 13.3 Å². The second-order valence-electron chi connectivity index (χ2n) is 3.15. The van der Waals surface area contributed by atoms with Crippen LogP contribution in [-0.2, 0) is 23.8 Å². The fraction of sp³-hybridized carbons (Fsp3) is 0.667. The lowest BCUT2D eigenvalue weighted by Gasteiger charge is -2.05. The average molecular weight is 276 g/mol. The fourth-order valence-corrected chi connectivity index (χ4v) is 1.44. The molecule has 0 unspecified atom stereocenters. The molecule has 0 atom stereocenters. The molecule has 0 radical (unpaired) electrons. The van der Waals surface area contributed by atoms with Gasteiger partial charge in [0.1, 0.15) is 13.2 Å². The lowest BCUT2D eigenvalue weighted by molar-refractivity contribution is -0.145. The average Bonchev–Trinajstić information content (AvgIpc) is 2.38. The zero-order valence-corrected chi connectivity index (χ0v) is 11.5. The van der Waals surface area contributed by atoms with Crippen LogP contribution in [-0.4, -0.2) is 49.9 Å². The van der Waals surface area contributed by atoms with Crippen LogP contribution in [0.1, 0.15) is 13.3 Å². The Labute approximate surface area is 112 Å². The third-order valence-electron chi connectivity index (χ3n) is 1.78. The van der Waals surface area contributed by atoms with Crippen molar-refractivity contribution in [3.63, 3.8) is 0 Å². The van der Waals surface area contributed by atoms with E-state index in [9.17, 15) is 9.59 Å². The number of thioether (sulfide) groups is 1. The van der Waals surface area contributed by atoms with Gasteiger partial charge in [-0.05, 0) is 5.75 Å². The van der Waals surface area contributed by atoms with Crippen molar-refractivity contribution in [2.75, 3.05) is 37.9 Å². The van der Waals surface area contributed by atoms with Crippen molar-refractivity contribution in [3.05, 3.63) is 12.7 Å². The number of ether oxygens (including phenoxy) is 3. The van der Waals surface area contributed by atoms with Crippen molar-refractivity contribution in [1.82, 2.24) is 0 Å². The van der Waals surface area contributed by atoms with Crippen LogP contribution in [0.5, 0.6) is 0 Å². The van der Waals surface area contributed by atoms with Gasteiger partial charge in [0.25, 0.3) is 0 Å². The lowest BCUT2D eigenvalue weighted by Crippen LogP contribution is -2.13. The van der Waals surface area contributed by atoms with Crippen molar-refractivity contribution >= 4 is 23.7 Å². The number of carbonyl (C=O) groups excluding carboxylic acids is 2. The van der Waals surface area contributed by atoms with E-state index in [2.05, 4.69) is 18.2 Å². The minimum Gasteiger partial charge on any atom is -0.465 e. The van der Waals surface area contributed by atoms with E-state index in [0.717, 1.165) is 17.6 Å². The molecule has 0 aliphatic carbocycles. The van der Waals surface area contributed by atoms with Gasteiger partial charge in [0.15, 0.2) is 0 Å². The van der Waals surface area contributed by atoms with Crippen LogP contribution in [0.25, 0.3) is 0 Å². The summed E-state index contributed by atoms with van der Waals surface area (Å²) in [4.78, 5) is 21.8. The SMILES string of the molecule is C=CC(=O)OCCOCCC(=O)OCCSCC. The van der Waals surface area contributed by atoms with Crippen LogP contribution in [0.3, 0.4) is 0 Å². The summed E-state index contributed by atoms with van der Waals surface area (Å²) in [7, 11) is 0. The fourth-order valence-electron chi connectivity index (χ4n) is 0.949. The molecule has 0 bridgehead atoms. The first-order valence-electron chi connectivity index (χ1n) is 5.81. The summed E-state index contributed by atoms with van der Waals surface area (Å²) in [5, 5.41) is 0. The molecule has 0 rings (SSSR count). The Morgan fingerprint density at radius 1 is 1.17 bits per heavy atom. The number of hydrogen-bond donors (Lipinski definition) is 0. The predicted octanol–water partition coefficient (Wildman–Crippen LogP) is 1.42. The molecule has 0 aromatic heterocycles. The van der Waals surface area contributed by atoms with E-state index in [1.165, 1.54) is 0 Å². The van der Waals surface area contributed by atoms with Crippen molar-refractivity contribution in [1.29, 1.82) is 0 Å². The summed E-state index contributed by atoms with van der Waals surface area (Å²) in [6, 6.07) is 0. The first-order chi connectivity index (χ1) is 8.70.